The molecule has 0 saturated carbocycles. The Kier molecular flexibility index (Phi) is 2.69. The maximum absolute atomic E-state index is 9.74. The molecular formula is C15H16O. The Bertz CT molecular complexity index is 507. The minimum atomic E-state index is 0.361. The average molecular weight is 212 g/mol. The van der Waals surface area contributed by atoms with E-state index in [0.29, 0.717) is 5.75 Å². The maximum atomic E-state index is 9.74. The highest BCUT2D eigenvalue weighted by molar-refractivity contribution is 5.72. The highest BCUT2D eigenvalue weighted by atomic mass is 16.3. The molecular weight excluding hydrogens is 196 g/mol. The van der Waals surface area contributed by atoms with Crippen LogP contribution in [0, 0.1) is 20.8 Å². The first-order valence-electron chi connectivity index (χ1n) is 5.46. The summed E-state index contributed by atoms with van der Waals surface area (Å²) in [6.45, 7) is 6.10. The summed E-state index contributed by atoms with van der Waals surface area (Å²) >= 11 is 0. The highest BCUT2D eigenvalue weighted by Crippen LogP contribution is 2.30. The second-order valence-corrected chi connectivity index (χ2v) is 4.27. The lowest BCUT2D eigenvalue weighted by Gasteiger charge is -2.11. The quantitative estimate of drug-likeness (QED) is 0.758. The van der Waals surface area contributed by atoms with E-state index in [9.17, 15) is 5.11 Å². The zero-order chi connectivity index (χ0) is 11.7. The fourth-order valence-electron chi connectivity index (χ4n) is 2.03. The van der Waals surface area contributed by atoms with Crippen molar-refractivity contribution in [3.05, 3.63) is 53.1 Å². The van der Waals surface area contributed by atoms with Crippen LogP contribution >= 0.6 is 0 Å². The van der Waals surface area contributed by atoms with Crippen molar-refractivity contribution < 1.29 is 5.11 Å². The van der Waals surface area contributed by atoms with E-state index in [1.807, 2.05) is 19.1 Å². The summed E-state index contributed by atoms with van der Waals surface area (Å²) in [6, 6.07) is 12.1. The zero-order valence-electron chi connectivity index (χ0n) is 9.91. The minimum absolute atomic E-state index is 0.361. The molecule has 0 radical (unpaired) electrons. The van der Waals surface area contributed by atoms with Crippen LogP contribution in [0.15, 0.2) is 36.4 Å². The average Bonchev–Trinajstić information content (AvgIpc) is 2.23. The van der Waals surface area contributed by atoms with E-state index in [1.165, 1.54) is 16.7 Å². The molecule has 0 unspecified atom stereocenters. The Balaban J connectivity index is 2.63. The summed E-state index contributed by atoms with van der Waals surface area (Å²) in [5.74, 6) is 0.361. The van der Waals surface area contributed by atoms with Gasteiger partial charge in [-0.3, -0.25) is 0 Å². The van der Waals surface area contributed by atoms with Gasteiger partial charge in [0, 0.05) is 0 Å². The van der Waals surface area contributed by atoms with Gasteiger partial charge in [0.2, 0.25) is 0 Å². The van der Waals surface area contributed by atoms with Crippen molar-refractivity contribution in [3.63, 3.8) is 0 Å². The lowest BCUT2D eigenvalue weighted by Crippen LogP contribution is -1.88. The van der Waals surface area contributed by atoms with Crippen LogP contribution in [-0.4, -0.2) is 5.11 Å². The van der Waals surface area contributed by atoms with Crippen molar-refractivity contribution >= 4 is 0 Å². The second kappa shape index (κ2) is 4.01. The summed E-state index contributed by atoms with van der Waals surface area (Å²) in [6.07, 6.45) is 0. The Morgan fingerprint density at radius 2 is 1.44 bits per heavy atom. The van der Waals surface area contributed by atoms with Crippen LogP contribution in [0.4, 0.5) is 0 Å². The van der Waals surface area contributed by atoms with E-state index < -0.39 is 0 Å². The number of phenolic OH excluding ortho intramolecular Hbond substituents is 1. The van der Waals surface area contributed by atoms with Gasteiger partial charge >= 0.3 is 0 Å². The third-order valence-corrected chi connectivity index (χ3v) is 2.98. The monoisotopic (exact) mass is 212 g/mol. The Morgan fingerprint density at radius 3 is 2.00 bits per heavy atom. The molecule has 0 bridgehead atoms. The molecule has 0 spiro atoms. The number of rotatable bonds is 1. The molecule has 0 aliphatic rings. The molecule has 0 amide bonds. The fourth-order valence-corrected chi connectivity index (χ4v) is 2.03. The standard InChI is InChI=1S/C15H16O/c1-10-7-8-13(9-14(10)16)15-11(2)5-4-6-12(15)3/h4-9,16H,1-3H3. The highest BCUT2D eigenvalue weighted by Gasteiger charge is 2.06. The number of hydrogen-bond acceptors (Lipinski definition) is 1. The van der Waals surface area contributed by atoms with Crippen molar-refractivity contribution in [2.24, 2.45) is 0 Å². The van der Waals surface area contributed by atoms with Crippen molar-refractivity contribution in [3.8, 4) is 16.9 Å². The molecule has 0 aliphatic carbocycles. The van der Waals surface area contributed by atoms with Crippen molar-refractivity contribution in [1.29, 1.82) is 0 Å². The van der Waals surface area contributed by atoms with Gasteiger partial charge in [0.1, 0.15) is 5.75 Å². The molecule has 16 heavy (non-hydrogen) atoms. The van der Waals surface area contributed by atoms with Crippen LogP contribution in [0.3, 0.4) is 0 Å². The van der Waals surface area contributed by atoms with Crippen LogP contribution in [0.1, 0.15) is 16.7 Å². The minimum Gasteiger partial charge on any atom is -0.508 e. The van der Waals surface area contributed by atoms with Gasteiger partial charge in [0.05, 0.1) is 0 Å². The van der Waals surface area contributed by atoms with Gasteiger partial charge in [-0.2, -0.15) is 0 Å². The predicted molar refractivity (Wildman–Crippen MR) is 67.8 cm³/mol. The molecule has 0 fully saturated rings. The smallest absolute Gasteiger partial charge is 0.119 e. The second-order valence-electron chi connectivity index (χ2n) is 4.27. The lowest BCUT2D eigenvalue weighted by atomic mass is 9.95. The van der Waals surface area contributed by atoms with Crippen molar-refractivity contribution in [2.45, 2.75) is 20.8 Å². The summed E-state index contributed by atoms with van der Waals surface area (Å²) in [4.78, 5) is 0. The fraction of sp³-hybridized carbons (Fsp3) is 0.200. The summed E-state index contributed by atoms with van der Waals surface area (Å²) in [5, 5.41) is 9.74. The predicted octanol–water partition coefficient (Wildman–Crippen LogP) is 3.98. The van der Waals surface area contributed by atoms with Gasteiger partial charge in [-0.25, -0.2) is 0 Å². The number of aromatic hydroxyl groups is 1. The maximum Gasteiger partial charge on any atom is 0.119 e. The first-order valence-corrected chi connectivity index (χ1v) is 5.46. The normalized spacial score (nSPS) is 10.4. The number of aryl methyl sites for hydroxylation is 3. The molecule has 0 atom stereocenters. The van der Waals surface area contributed by atoms with E-state index in [2.05, 4.69) is 38.1 Å². The van der Waals surface area contributed by atoms with E-state index in [1.54, 1.807) is 0 Å². The Morgan fingerprint density at radius 1 is 0.812 bits per heavy atom. The molecule has 1 heteroatoms. The van der Waals surface area contributed by atoms with Gasteiger partial charge in [-0.05, 0) is 54.7 Å². The SMILES string of the molecule is Cc1ccc(-c2c(C)cccc2C)cc1O. The molecule has 1 N–H and O–H groups in total. The topological polar surface area (TPSA) is 20.2 Å². The summed E-state index contributed by atoms with van der Waals surface area (Å²) in [7, 11) is 0. The first kappa shape index (κ1) is 10.7. The van der Waals surface area contributed by atoms with Crippen LogP contribution in [0.2, 0.25) is 0 Å². The Labute approximate surface area is 96.4 Å². The van der Waals surface area contributed by atoms with Crippen LogP contribution in [0.25, 0.3) is 11.1 Å². The molecule has 1 nitrogen and oxygen atoms in total. The number of phenols is 1. The third kappa shape index (κ3) is 1.81. The van der Waals surface area contributed by atoms with E-state index in [4.69, 9.17) is 0 Å². The number of benzene rings is 2. The van der Waals surface area contributed by atoms with Crippen LogP contribution in [0.5, 0.6) is 5.75 Å². The molecule has 0 aliphatic heterocycles. The molecule has 82 valence electrons. The summed E-state index contributed by atoms with van der Waals surface area (Å²) in [5.41, 5.74) is 5.69. The van der Waals surface area contributed by atoms with Gasteiger partial charge < -0.3 is 5.11 Å². The molecule has 2 rings (SSSR count). The van der Waals surface area contributed by atoms with Gasteiger partial charge in [-0.1, -0.05) is 30.3 Å². The van der Waals surface area contributed by atoms with Crippen molar-refractivity contribution in [1.82, 2.24) is 0 Å². The lowest BCUT2D eigenvalue weighted by molar-refractivity contribution is 0.471. The van der Waals surface area contributed by atoms with E-state index in [0.717, 1.165) is 11.1 Å². The van der Waals surface area contributed by atoms with Crippen molar-refractivity contribution in [2.75, 3.05) is 0 Å². The number of hydrogen-bond donors (Lipinski definition) is 1. The summed E-state index contributed by atoms with van der Waals surface area (Å²) < 4.78 is 0. The molecule has 2 aromatic rings. The Hall–Kier alpha value is -1.76. The zero-order valence-corrected chi connectivity index (χ0v) is 9.91. The first-order chi connectivity index (χ1) is 7.59. The van der Waals surface area contributed by atoms with E-state index >= 15 is 0 Å². The largest absolute Gasteiger partial charge is 0.508 e. The van der Waals surface area contributed by atoms with Crippen LogP contribution in [-0.2, 0) is 0 Å². The van der Waals surface area contributed by atoms with Gasteiger partial charge in [-0.15, -0.1) is 0 Å². The van der Waals surface area contributed by atoms with Gasteiger partial charge in [0.15, 0.2) is 0 Å². The molecule has 2 aromatic carbocycles. The van der Waals surface area contributed by atoms with Gasteiger partial charge in [0.25, 0.3) is 0 Å². The third-order valence-electron chi connectivity index (χ3n) is 2.98. The van der Waals surface area contributed by atoms with Crippen LogP contribution < -0.4 is 0 Å². The molecule has 0 aromatic heterocycles. The molecule has 0 saturated heterocycles. The van der Waals surface area contributed by atoms with E-state index in [-0.39, 0.29) is 0 Å². The molecule has 0 heterocycles.